The number of rotatable bonds is 47. The molecule has 0 saturated heterocycles. The molecule has 0 aliphatic rings. The van der Waals surface area contributed by atoms with E-state index in [0.717, 1.165) is 19.4 Å². The quantitative estimate of drug-likeness (QED) is 0.0716. The highest BCUT2D eigenvalue weighted by Gasteiger charge is 2.03. The molecule has 15 nitrogen and oxygen atoms in total. The summed E-state index contributed by atoms with van der Waals surface area (Å²) in [6, 6.07) is 0. The Morgan fingerprint density at radius 1 is 0.346 bits per heavy atom. The third kappa shape index (κ3) is 47.0. The molecule has 0 rings (SSSR count). The monoisotopic (exact) mass is 758 g/mol. The van der Waals surface area contributed by atoms with Gasteiger partial charge in [0.2, 0.25) is 0 Å². The van der Waals surface area contributed by atoms with Crippen molar-refractivity contribution in [3.63, 3.8) is 0 Å². The van der Waals surface area contributed by atoms with Crippen molar-refractivity contribution in [1.29, 1.82) is 0 Å². The van der Waals surface area contributed by atoms with Gasteiger partial charge in [-0.25, -0.2) is 0 Å². The lowest BCUT2D eigenvalue weighted by Crippen LogP contribution is -2.17. The number of hydrogen-bond acceptors (Lipinski definition) is 15. The minimum atomic E-state index is -0.141. The molecule has 0 aromatic rings. The van der Waals surface area contributed by atoms with Crippen molar-refractivity contribution in [2.24, 2.45) is 0 Å². The van der Waals surface area contributed by atoms with E-state index in [2.05, 4.69) is 12.2 Å². The summed E-state index contributed by atoms with van der Waals surface area (Å²) in [7, 11) is 1.89. The third-order valence-electron chi connectivity index (χ3n) is 7.06. The van der Waals surface area contributed by atoms with Gasteiger partial charge < -0.3 is 66.9 Å². The van der Waals surface area contributed by atoms with E-state index in [0.29, 0.717) is 165 Å². The standard InChI is InChI=1S/C37H75NO14/c1-3-4-5-6-7-8-9-10-37(39)52-36-35-51-34-33-50-32-31-49-30-29-48-28-27-47-26-25-46-24-23-45-22-21-44-20-19-43-18-17-42-16-15-41-14-13-40-12-11-38-2/h38H,3-36H2,1-2H3. The van der Waals surface area contributed by atoms with Crippen LogP contribution in [0, 0.1) is 0 Å². The van der Waals surface area contributed by atoms with Crippen LogP contribution in [0.2, 0.25) is 0 Å². The predicted octanol–water partition coefficient (Wildman–Crippen LogP) is 3.09. The van der Waals surface area contributed by atoms with Gasteiger partial charge in [0, 0.05) is 13.0 Å². The van der Waals surface area contributed by atoms with Crippen molar-refractivity contribution >= 4 is 5.97 Å². The number of hydrogen-bond donors (Lipinski definition) is 1. The van der Waals surface area contributed by atoms with Crippen LogP contribution in [0.5, 0.6) is 0 Å². The van der Waals surface area contributed by atoms with Crippen LogP contribution in [0.15, 0.2) is 0 Å². The highest BCUT2D eigenvalue weighted by atomic mass is 16.6. The Bertz CT molecular complexity index is 668. The minimum absolute atomic E-state index is 0.141. The SMILES string of the molecule is CCCCCCCCCC(=O)OCCOCCOCCOCCOCCOCCOCCOCCOCCOCCOCCOCCOCCNC. The second-order valence-electron chi connectivity index (χ2n) is 11.5. The smallest absolute Gasteiger partial charge is 0.305 e. The lowest BCUT2D eigenvalue weighted by Gasteiger charge is -2.09. The first-order valence-corrected chi connectivity index (χ1v) is 19.5. The first kappa shape index (κ1) is 51.0. The fraction of sp³-hybridized carbons (Fsp3) is 0.973. The first-order chi connectivity index (χ1) is 25.8. The van der Waals surface area contributed by atoms with E-state index >= 15 is 0 Å². The third-order valence-corrected chi connectivity index (χ3v) is 7.06. The van der Waals surface area contributed by atoms with E-state index in [1.165, 1.54) is 32.1 Å². The van der Waals surface area contributed by atoms with E-state index in [9.17, 15) is 4.79 Å². The summed E-state index contributed by atoms with van der Waals surface area (Å²) in [6.45, 7) is 15.6. The molecule has 0 fully saturated rings. The Morgan fingerprint density at radius 2 is 0.596 bits per heavy atom. The molecule has 15 heteroatoms. The Morgan fingerprint density at radius 3 is 0.885 bits per heavy atom. The maximum atomic E-state index is 11.7. The number of esters is 1. The van der Waals surface area contributed by atoms with E-state index in [1.54, 1.807) is 0 Å². The van der Waals surface area contributed by atoms with Crippen molar-refractivity contribution in [3.8, 4) is 0 Å². The summed E-state index contributed by atoms with van der Waals surface area (Å²) in [5, 5.41) is 3.02. The lowest BCUT2D eigenvalue weighted by atomic mass is 10.1. The maximum absolute atomic E-state index is 11.7. The van der Waals surface area contributed by atoms with Gasteiger partial charge in [0.05, 0.1) is 159 Å². The summed E-state index contributed by atoms with van der Waals surface area (Å²) in [5.74, 6) is -0.141. The molecule has 0 heterocycles. The first-order valence-electron chi connectivity index (χ1n) is 19.5. The number of likely N-dealkylation sites (N-methyl/N-ethyl adjacent to an activating group) is 1. The van der Waals surface area contributed by atoms with Gasteiger partial charge in [0.15, 0.2) is 0 Å². The van der Waals surface area contributed by atoms with Crippen molar-refractivity contribution in [2.75, 3.05) is 179 Å². The van der Waals surface area contributed by atoms with Gasteiger partial charge in [0.25, 0.3) is 0 Å². The van der Waals surface area contributed by atoms with E-state index in [1.807, 2.05) is 7.05 Å². The number of nitrogens with one attached hydrogen (secondary N) is 1. The molecule has 0 spiro atoms. The predicted molar refractivity (Wildman–Crippen MR) is 197 cm³/mol. The Hall–Kier alpha value is -1.05. The number of carbonyl (C=O) groups excluding carboxylic acids is 1. The van der Waals surface area contributed by atoms with Crippen LogP contribution in [0.3, 0.4) is 0 Å². The van der Waals surface area contributed by atoms with Gasteiger partial charge in [-0.15, -0.1) is 0 Å². The van der Waals surface area contributed by atoms with Crippen molar-refractivity contribution in [1.82, 2.24) is 5.32 Å². The largest absolute Gasteiger partial charge is 0.463 e. The van der Waals surface area contributed by atoms with E-state index in [-0.39, 0.29) is 12.6 Å². The summed E-state index contributed by atoms with van der Waals surface area (Å²) in [5.41, 5.74) is 0. The molecule has 52 heavy (non-hydrogen) atoms. The maximum Gasteiger partial charge on any atom is 0.305 e. The van der Waals surface area contributed by atoms with Crippen LogP contribution in [-0.4, -0.2) is 185 Å². The molecule has 0 aliphatic carbocycles. The summed E-state index contributed by atoms with van der Waals surface area (Å²) < 4.78 is 70.7. The van der Waals surface area contributed by atoms with Crippen molar-refractivity contribution in [2.45, 2.75) is 58.3 Å². The highest BCUT2D eigenvalue weighted by molar-refractivity contribution is 5.69. The number of ether oxygens (including phenoxy) is 13. The number of unbranched alkanes of at least 4 members (excludes halogenated alkanes) is 6. The van der Waals surface area contributed by atoms with Crippen molar-refractivity contribution in [3.05, 3.63) is 0 Å². The molecule has 1 N–H and O–H groups in total. The Balaban J connectivity index is 3.09. The molecule has 0 aromatic heterocycles. The molecule has 0 unspecified atom stereocenters. The van der Waals surface area contributed by atoms with Gasteiger partial charge in [-0.05, 0) is 13.5 Å². The van der Waals surface area contributed by atoms with Crippen LogP contribution in [0.25, 0.3) is 0 Å². The van der Waals surface area contributed by atoms with Gasteiger partial charge in [-0.3, -0.25) is 4.79 Å². The molecule has 312 valence electrons. The average Bonchev–Trinajstić information content (AvgIpc) is 3.15. The van der Waals surface area contributed by atoms with Crippen LogP contribution < -0.4 is 5.32 Å². The molecule has 0 atom stereocenters. The van der Waals surface area contributed by atoms with Gasteiger partial charge in [-0.1, -0.05) is 45.4 Å². The lowest BCUT2D eigenvalue weighted by molar-refractivity contribution is -0.145. The van der Waals surface area contributed by atoms with Gasteiger partial charge >= 0.3 is 5.97 Å². The summed E-state index contributed by atoms with van der Waals surface area (Å²) in [4.78, 5) is 11.7. The highest BCUT2D eigenvalue weighted by Crippen LogP contribution is 2.08. The summed E-state index contributed by atoms with van der Waals surface area (Å²) in [6.07, 6.45) is 8.79. The summed E-state index contributed by atoms with van der Waals surface area (Å²) >= 11 is 0. The second kappa shape index (κ2) is 48.0. The molecule has 0 aliphatic heterocycles. The van der Waals surface area contributed by atoms with Gasteiger partial charge in [0.1, 0.15) is 6.61 Å². The number of carbonyl (C=O) groups is 1. The second-order valence-corrected chi connectivity index (χ2v) is 11.5. The molecular formula is C37H75NO14. The van der Waals surface area contributed by atoms with Crippen LogP contribution in [-0.2, 0) is 66.4 Å². The normalized spacial score (nSPS) is 11.5. The van der Waals surface area contributed by atoms with Gasteiger partial charge in [-0.2, -0.15) is 0 Å². The zero-order valence-electron chi connectivity index (χ0n) is 32.8. The zero-order valence-corrected chi connectivity index (χ0v) is 32.8. The Labute approximate surface area is 314 Å². The zero-order chi connectivity index (χ0) is 37.5. The van der Waals surface area contributed by atoms with Crippen LogP contribution in [0.1, 0.15) is 58.3 Å². The molecule has 0 amide bonds. The minimum Gasteiger partial charge on any atom is -0.463 e. The van der Waals surface area contributed by atoms with E-state index < -0.39 is 0 Å². The molecule has 0 aromatic carbocycles. The average molecular weight is 758 g/mol. The fourth-order valence-corrected chi connectivity index (χ4v) is 4.21. The molecule has 0 saturated carbocycles. The topological polar surface area (TPSA) is 149 Å². The Kier molecular flexibility index (Phi) is 47.0. The van der Waals surface area contributed by atoms with Crippen molar-refractivity contribution < 1.29 is 66.4 Å². The molecule has 0 radical (unpaired) electrons. The fourth-order valence-electron chi connectivity index (χ4n) is 4.21. The van der Waals surface area contributed by atoms with E-state index in [4.69, 9.17) is 61.6 Å². The van der Waals surface area contributed by atoms with Crippen LogP contribution >= 0.6 is 0 Å². The van der Waals surface area contributed by atoms with Crippen LogP contribution in [0.4, 0.5) is 0 Å². The molecule has 0 bridgehead atoms. The molecular weight excluding hydrogens is 682 g/mol.